The number of rotatable bonds is 5. The zero-order valence-electron chi connectivity index (χ0n) is 16.7. The van der Waals surface area contributed by atoms with Gasteiger partial charge in [0, 0.05) is 49.9 Å². The molecule has 164 valence electrons. The number of nitrogens with two attached hydrogens (primary N) is 1. The van der Waals surface area contributed by atoms with E-state index >= 15 is 0 Å². The van der Waals surface area contributed by atoms with Crippen LogP contribution in [0.3, 0.4) is 0 Å². The van der Waals surface area contributed by atoms with Crippen LogP contribution in [0.25, 0.3) is 0 Å². The summed E-state index contributed by atoms with van der Waals surface area (Å²) >= 11 is 0. The molecule has 3 heterocycles. The number of carbonyl (C=O) groups is 2. The summed E-state index contributed by atoms with van der Waals surface area (Å²) in [5, 5.41) is 8.95. The van der Waals surface area contributed by atoms with Crippen molar-refractivity contribution in [2.75, 3.05) is 25.4 Å². The molecule has 0 saturated carbocycles. The Bertz CT molecular complexity index is 984. The van der Waals surface area contributed by atoms with Gasteiger partial charge in [-0.1, -0.05) is 0 Å². The Labute approximate surface area is 177 Å². The highest BCUT2D eigenvalue weighted by molar-refractivity contribution is 5.87. The third-order valence-electron chi connectivity index (χ3n) is 5.78. The second kappa shape index (κ2) is 8.10. The Hall–Kier alpha value is -3.27. The zero-order valence-corrected chi connectivity index (χ0v) is 16.7. The molecule has 3 N–H and O–H groups in total. The first-order valence-corrected chi connectivity index (χ1v) is 9.87. The summed E-state index contributed by atoms with van der Waals surface area (Å²) in [4.78, 5) is 30.9. The van der Waals surface area contributed by atoms with Crippen LogP contribution >= 0.6 is 0 Å². The zero-order chi connectivity index (χ0) is 22.2. The molecule has 0 aliphatic carbocycles. The number of hydrogen-bond acceptors (Lipinski definition) is 6. The molecule has 2 aromatic rings. The van der Waals surface area contributed by atoms with Crippen LogP contribution in [0.2, 0.25) is 0 Å². The number of anilines is 1. The Balaban J connectivity index is 1.36. The van der Waals surface area contributed by atoms with Gasteiger partial charge in [-0.3, -0.25) is 14.8 Å². The number of ether oxygens (including phenoxy) is 1. The van der Waals surface area contributed by atoms with Crippen LogP contribution < -0.4 is 5.73 Å². The van der Waals surface area contributed by atoms with E-state index in [2.05, 4.69) is 4.98 Å². The number of likely N-dealkylation sites (tertiary alicyclic amines) is 1. The Morgan fingerprint density at radius 3 is 2.45 bits per heavy atom. The summed E-state index contributed by atoms with van der Waals surface area (Å²) in [7, 11) is 0. The van der Waals surface area contributed by atoms with E-state index in [-0.39, 0.29) is 29.9 Å². The van der Waals surface area contributed by atoms with Gasteiger partial charge in [-0.2, -0.15) is 0 Å². The second-order valence-corrected chi connectivity index (χ2v) is 7.99. The molecule has 8 nitrogen and oxygen atoms in total. The van der Waals surface area contributed by atoms with Gasteiger partial charge in [0.05, 0.1) is 24.3 Å². The fourth-order valence-corrected chi connectivity index (χ4v) is 4.03. The van der Waals surface area contributed by atoms with Crippen molar-refractivity contribution >= 4 is 17.7 Å². The molecule has 0 atom stereocenters. The third-order valence-corrected chi connectivity index (χ3v) is 5.78. The maximum absolute atomic E-state index is 14.1. The summed E-state index contributed by atoms with van der Waals surface area (Å²) in [6.45, 7) is 1.76. The van der Waals surface area contributed by atoms with Crippen molar-refractivity contribution in [1.29, 1.82) is 0 Å². The normalized spacial score (nSPS) is 18.4. The molecule has 0 radical (unpaired) electrons. The molecular formula is C21H22F2N4O4. The van der Waals surface area contributed by atoms with Gasteiger partial charge in [-0.05, 0) is 24.3 Å². The van der Waals surface area contributed by atoms with E-state index < -0.39 is 29.3 Å². The monoisotopic (exact) mass is 432 g/mol. The summed E-state index contributed by atoms with van der Waals surface area (Å²) in [6.07, 6.45) is 1.88. The minimum atomic E-state index is -1.07. The van der Waals surface area contributed by atoms with Crippen molar-refractivity contribution in [3.05, 3.63) is 58.9 Å². The van der Waals surface area contributed by atoms with Gasteiger partial charge in [0.25, 0.3) is 0 Å². The largest absolute Gasteiger partial charge is 0.478 e. The van der Waals surface area contributed by atoms with Crippen molar-refractivity contribution in [2.24, 2.45) is 0 Å². The van der Waals surface area contributed by atoms with Crippen molar-refractivity contribution in [2.45, 2.75) is 31.5 Å². The predicted molar refractivity (Wildman–Crippen MR) is 106 cm³/mol. The molecule has 2 aliphatic heterocycles. The number of carbonyl (C=O) groups excluding carboxylic acids is 1. The van der Waals surface area contributed by atoms with Crippen molar-refractivity contribution in [3.8, 4) is 0 Å². The topological polar surface area (TPSA) is 109 Å². The molecule has 2 fully saturated rings. The molecule has 31 heavy (non-hydrogen) atoms. The number of carboxylic acids is 1. The molecule has 4 rings (SSSR count). The minimum Gasteiger partial charge on any atom is -0.478 e. The lowest BCUT2D eigenvalue weighted by Gasteiger charge is -2.37. The van der Waals surface area contributed by atoms with Gasteiger partial charge >= 0.3 is 12.1 Å². The number of amides is 1. The average molecular weight is 432 g/mol. The molecule has 0 unspecified atom stereocenters. The number of benzene rings is 1. The summed E-state index contributed by atoms with van der Waals surface area (Å²) < 4.78 is 33.8. The lowest BCUT2D eigenvalue weighted by atomic mass is 9.91. The maximum Gasteiger partial charge on any atom is 0.410 e. The van der Waals surface area contributed by atoms with Gasteiger partial charge in [0.1, 0.15) is 17.2 Å². The number of aromatic nitrogens is 1. The van der Waals surface area contributed by atoms with E-state index in [1.807, 2.05) is 4.90 Å². The number of nitrogen functional groups attached to an aromatic ring is 1. The predicted octanol–water partition coefficient (Wildman–Crippen LogP) is 2.63. The molecule has 10 heteroatoms. The molecule has 2 saturated heterocycles. The summed E-state index contributed by atoms with van der Waals surface area (Å²) in [5.41, 5.74) is 5.47. The van der Waals surface area contributed by atoms with Crippen LogP contribution in [0.4, 0.5) is 19.3 Å². The lowest BCUT2D eigenvalue weighted by Crippen LogP contribution is -2.46. The Kier molecular flexibility index (Phi) is 5.48. The van der Waals surface area contributed by atoms with E-state index in [9.17, 15) is 18.4 Å². The number of piperidine rings is 1. The maximum atomic E-state index is 14.1. The first-order valence-electron chi connectivity index (χ1n) is 9.87. The molecule has 0 bridgehead atoms. The number of aromatic carboxylic acids is 1. The molecule has 1 aromatic carbocycles. The lowest BCUT2D eigenvalue weighted by molar-refractivity contribution is -0.00165. The number of hydrogen-bond donors (Lipinski definition) is 2. The van der Waals surface area contributed by atoms with E-state index in [1.54, 1.807) is 6.07 Å². The Morgan fingerprint density at radius 1 is 1.19 bits per heavy atom. The highest BCUT2D eigenvalue weighted by Crippen LogP contribution is 2.34. The number of carboxylic acid groups (broad SMARTS) is 1. The standard InChI is InChI=1S/C21H22F2N4O4/c22-17-7-14(24)8-18(23)16(17)11-26-5-3-21(4-6-26)12-27(20(30)31-21)10-15-2-1-13(9-25-15)19(28)29/h1-2,7-9H,3-6,10-12,24H2,(H,28,29). The summed E-state index contributed by atoms with van der Waals surface area (Å²) in [5.74, 6) is -2.40. The number of pyridine rings is 1. The molecular weight excluding hydrogens is 410 g/mol. The highest BCUT2D eigenvalue weighted by Gasteiger charge is 2.47. The van der Waals surface area contributed by atoms with Crippen LogP contribution in [-0.4, -0.2) is 57.2 Å². The van der Waals surface area contributed by atoms with Crippen molar-refractivity contribution in [3.63, 3.8) is 0 Å². The fourth-order valence-electron chi connectivity index (χ4n) is 4.03. The van der Waals surface area contributed by atoms with Gasteiger partial charge < -0.3 is 15.6 Å². The average Bonchev–Trinajstić information content (AvgIpc) is 3.01. The van der Waals surface area contributed by atoms with Crippen LogP contribution in [-0.2, 0) is 17.8 Å². The van der Waals surface area contributed by atoms with Crippen LogP contribution in [0.5, 0.6) is 0 Å². The minimum absolute atomic E-state index is 0.0222. The van der Waals surface area contributed by atoms with Gasteiger partial charge in [0.15, 0.2) is 0 Å². The van der Waals surface area contributed by atoms with E-state index in [0.29, 0.717) is 38.2 Å². The molecule has 1 spiro atoms. The van der Waals surface area contributed by atoms with E-state index in [4.69, 9.17) is 15.6 Å². The number of nitrogens with zero attached hydrogens (tertiary/aromatic N) is 3. The fraction of sp³-hybridized carbons (Fsp3) is 0.381. The smallest absolute Gasteiger partial charge is 0.410 e. The quantitative estimate of drug-likeness (QED) is 0.699. The van der Waals surface area contributed by atoms with E-state index in [1.165, 1.54) is 17.2 Å². The number of halogens is 2. The highest BCUT2D eigenvalue weighted by atomic mass is 19.1. The molecule has 2 aliphatic rings. The first kappa shape index (κ1) is 21.0. The van der Waals surface area contributed by atoms with Gasteiger partial charge in [-0.15, -0.1) is 0 Å². The molecule has 1 amide bonds. The van der Waals surface area contributed by atoms with Gasteiger partial charge in [0.2, 0.25) is 0 Å². The van der Waals surface area contributed by atoms with Crippen LogP contribution in [0.1, 0.15) is 34.5 Å². The molecule has 1 aromatic heterocycles. The summed E-state index contributed by atoms with van der Waals surface area (Å²) in [6, 6.07) is 5.23. The van der Waals surface area contributed by atoms with Crippen molar-refractivity contribution < 1.29 is 28.2 Å². The van der Waals surface area contributed by atoms with E-state index in [0.717, 1.165) is 12.1 Å². The SMILES string of the molecule is Nc1cc(F)c(CN2CCC3(CC2)CN(Cc2ccc(C(=O)O)cn2)C(=O)O3)c(F)c1. The van der Waals surface area contributed by atoms with Crippen LogP contribution in [0, 0.1) is 11.6 Å². The third kappa shape index (κ3) is 4.43. The van der Waals surface area contributed by atoms with Gasteiger partial charge in [-0.25, -0.2) is 18.4 Å². The second-order valence-electron chi connectivity index (χ2n) is 7.99. The first-order chi connectivity index (χ1) is 14.7. The Morgan fingerprint density at radius 2 is 1.87 bits per heavy atom. The van der Waals surface area contributed by atoms with Crippen molar-refractivity contribution in [1.82, 2.24) is 14.8 Å². The van der Waals surface area contributed by atoms with Crippen LogP contribution in [0.15, 0.2) is 30.5 Å².